The van der Waals surface area contributed by atoms with Crippen LogP contribution in [-0.4, -0.2) is 121 Å². The third-order valence-corrected chi connectivity index (χ3v) is 13.1. The minimum Gasteiger partial charge on any atom is -0.396 e. The maximum absolute atomic E-state index is 12.3. The van der Waals surface area contributed by atoms with Crippen molar-refractivity contribution in [2.45, 2.75) is 287 Å². The van der Waals surface area contributed by atoms with E-state index < -0.39 is 28.6 Å². The molecular weight excluding hydrogens is 889 g/mol. The van der Waals surface area contributed by atoms with Gasteiger partial charge in [-0.15, -0.1) is 0 Å². The minimum absolute atomic E-state index is 0. The minimum atomic E-state index is -2.46. The van der Waals surface area contributed by atoms with Crippen molar-refractivity contribution in [3.05, 3.63) is 0 Å². The van der Waals surface area contributed by atoms with Crippen LogP contribution in [0, 0.1) is 59.2 Å². The van der Waals surface area contributed by atoms with Crippen LogP contribution in [0.5, 0.6) is 0 Å². The fourth-order valence-electron chi connectivity index (χ4n) is 4.46. The third-order valence-electron chi connectivity index (χ3n) is 13.1. The van der Waals surface area contributed by atoms with Gasteiger partial charge >= 0.3 is 0 Å². The summed E-state index contributed by atoms with van der Waals surface area (Å²) in [7, 11) is 4.23. The standard InChI is InChI=1S/C7H17N.C7H16O2.3C7H16O.C6H12F2.2C6H14O.C5H12O.CH4/c1-7(2)5-6-8(3)4;1-4-7(9,5-8)6(2)3;2*1-5-7(4,8)6(2)3;1-4-7(5-8)6(2)3;1-4-6(7,8)5(2)3;2*1-4-6(7)5(2)3;1-5(2)3-4-6;/h7H,5-6H2,1-4H3;6,8-9H,4-5H2,1-3H3;2*6,8H,5H2,1-4H3;6-8H,4-5H2,1-3H3;5H,4H2,1-3H3;2*5-7H,4H2,1-3H3;5-6H,3-4H2,1-2H3;1H4/t;;2*7-;;;2*6-;;/m..10..10../s1. The smallest absolute Gasteiger partial charge is 0.250 e. The average Bonchev–Trinajstić information content (AvgIpc) is 3.26. The van der Waals surface area contributed by atoms with Crippen molar-refractivity contribution < 1.29 is 49.6 Å². The number of hydrogen-bond donors (Lipinski definition) is 8. The fourth-order valence-corrected chi connectivity index (χ4v) is 4.46. The van der Waals surface area contributed by atoms with Gasteiger partial charge in [-0.05, 0) is 133 Å². The normalized spacial score (nSPS) is 14.9. The summed E-state index contributed by atoms with van der Waals surface area (Å²) in [5.41, 5.74) is -1.78. The molecule has 0 fully saturated rings. The quantitative estimate of drug-likeness (QED) is 0.0559. The molecule has 0 aromatic rings. The predicted molar refractivity (Wildman–Crippen MR) is 308 cm³/mol. The molecule has 9 nitrogen and oxygen atoms in total. The second-order valence-corrected chi connectivity index (χ2v) is 22.7. The highest BCUT2D eigenvalue weighted by Crippen LogP contribution is 2.26. The van der Waals surface area contributed by atoms with Gasteiger partial charge in [-0.3, -0.25) is 0 Å². The van der Waals surface area contributed by atoms with Crippen molar-refractivity contribution in [3.8, 4) is 0 Å². The highest BCUT2D eigenvalue weighted by molar-refractivity contribution is 4.78. The van der Waals surface area contributed by atoms with E-state index in [2.05, 4.69) is 67.5 Å². The van der Waals surface area contributed by atoms with Gasteiger partial charge in [-0.2, -0.15) is 0 Å². The SMILES string of the molecule is C.CC(C)CCN(C)C.CC(C)CCO.CCC(CO)C(C)C.CCC(F)(F)C(C)C.CCC(O)(CO)C(C)C.CC[C@@H](O)C(C)C.CC[C@@](C)(O)C(C)C.CC[C@H](O)C(C)C.CC[C@](C)(O)C(C)C. The number of hydrogen-bond acceptors (Lipinski definition) is 9. The second-order valence-electron chi connectivity index (χ2n) is 22.7. The molecule has 0 rings (SSSR count). The van der Waals surface area contributed by atoms with Crippen molar-refractivity contribution in [1.82, 2.24) is 4.90 Å². The monoisotopic (exact) mass is 1030 g/mol. The van der Waals surface area contributed by atoms with Gasteiger partial charge in [0.15, 0.2) is 0 Å². The molecule has 0 amide bonds. The van der Waals surface area contributed by atoms with Gasteiger partial charge in [0.1, 0.15) is 0 Å². The summed E-state index contributed by atoms with van der Waals surface area (Å²) in [6.07, 6.45) is 7.12. The number of aliphatic hydroxyl groups excluding tert-OH is 5. The lowest BCUT2D eigenvalue weighted by Gasteiger charge is -2.28. The van der Waals surface area contributed by atoms with Crippen molar-refractivity contribution in [2.75, 3.05) is 40.5 Å². The number of alkyl halides is 2. The molecule has 0 aliphatic rings. The highest BCUT2D eigenvalue weighted by atomic mass is 19.3. The van der Waals surface area contributed by atoms with Crippen molar-refractivity contribution >= 4 is 0 Å². The molecule has 0 saturated heterocycles. The molecule has 0 bridgehead atoms. The summed E-state index contributed by atoms with van der Waals surface area (Å²) in [5.74, 6) is 1.36. The zero-order valence-corrected chi connectivity index (χ0v) is 51.9. The van der Waals surface area contributed by atoms with E-state index in [1.807, 2.05) is 118 Å². The van der Waals surface area contributed by atoms with E-state index in [0.717, 1.165) is 44.4 Å². The molecule has 0 spiro atoms. The van der Waals surface area contributed by atoms with Crippen LogP contribution in [0.25, 0.3) is 0 Å². The van der Waals surface area contributed by atoms with E-state index >= 15 is 0 Å². The average molecular weight is 1030 g/mol. The Morgan fingerprint density at radius 2 is 0.786 bits per heavy atom. The highest BCUT2D eigenvalue weighted by Gasteiger charge is 2.30. The first-order valence-corrected chi connectivity index (χ1v) is 27.4. The van der Waals surface area contributed by atoms with E-state index in [0.29, 0.717) is 61.1 Å². The zero-order chi connectivity index (χ0) is 57.7. The largest absolute Gasteiger partial charge is 0.396 e. The molecule has 0 aromatic heterocycles. The Morgan fingerprint density at radius 3 is 0.800 bits per heavy atom. The molecule has 70 heavy (non-hydrogen) atoms. The lowest BCUT2D eigenvalue weighted by Crippen LogP contribution is -2.38. The molecule has 440 valence electrons. The Balaban J connectivity index is -0.0000000723. The van der Waals surface area contributed by atoms with Crippen LogP contribution in [0.4, 0.5) is 8.78 Å². The second kappa shape index (κ2) is 54.8. The molecular formula is C59H137F2NO8. The van der Waals surface area contributed by atoms with Crippen LogP contribution in [0.15, 0.2) is 0 Å². The maximum Gasteiger partial charge on any atom is 0.250 e. The molecule has 0 radical (unpaired) electrons. The van der Waals surface area contributed by atoms with Crippen molar-refractivity contribution in [1.29, 1.82) is 0 Å². The number of halogens is 2. The number of aliphatic hydroxyl groups is 8. The van der Waals surface area contributed by atoms with E-state index in [1.54, 1.807) is 0 Å². The molecule has 0 saturated carbocycles. The topological polar surface area (TPSA) is 165 Å². The molecule has 0 aliphatic heterocycles. The van der Waals surface area contributed by atoms with Gasteiger partial charge in [0.25, 0.3) is 0 Å². The van der Waals surface area contributed by atoms with E-state index in [1.165, 1.54) is 33.7 Å². The first kappa shape index (κ1) is 92.1. The molecule has 2 unspecified atom stereocenters. The van der Waals surface area contributed by atoms with Crippen LogP contribution in [-0.2, 0) is 0 Å². The van der Waals surface area contributed by atoms with Crippen LogP contribution < -0.4 is 0 Å². The Labute approximate surface area is 439 Å². The molecule has 0 heterocycles. The van der Waals surface area contributed by atoms with E-state index in [-0.39, 0.29) is 38.6 Å². The molecule has 8 N–H and O–H groups in total. The van der Waals surface area contributed by atoms with Crippen LogP contribution in [0.1, 0.15) is 252 Å². The van der Waals surface area contributed by atoms with Gasteiger partial charge in [-0.1, -0.05) is 187 Å². The molecule has 11 heteroatoms. The van der Waals surface area contributed by atoms with Gasteiger partial charge < -0.3 is 45.8 Å². The van der Waals surface area contributed by atoms with Gasteiger partial charge in [-0.25, -0.2) is 8.78 Å². The third kappa shape index (κ3) is 67.5. The summed E-state index contributed by atoms with van der Waals surface area (Å²) in [6.45, 7) is 55.0. The van der Waals surface area contributed by atoms with Gasteiger partial charge in [0, 0.05) is 25.6 Å². The summed E-state index contributed by atoms with van der Waals surface area (Å²) in [6, 6.07) is 0. The maximum atomic E-state index is 12.3. The van der Waals surface area contributed by atoms with Crippen molar-refractivity contribution in [3.63, 3.8) is 0 Å². The molecule has 6 atom stereocenters. The van der Waals surface area contributed by atoms with E-state index in [4.69, 9.17) is 25.5 Å². The van der Waals surface area contributed by atoms with Gasteiger partial charge in [0.2, 0.25) is 5.92 Å². The Kier molecular flexibility index (Phi) is 72.1. The Morgan fingerprint density at radius 1 is 0.457 bits per heavy atom. The summed E-state index contributed by atoms with van der Waals surface area (Å²) in [4.78, 5) is 2.22. The zero-order valence-electron chi connectivity index (χ0n) is 51.9. The lowest BCUT2D eigenvalue weighted by atomic mass is 9.89. The summed E-state index contributed by atoms with van der Waals surface area (Å²) in [5, 5.41) is 71.8. The Bertz CT molecular complexity index is 894. The predicted octanol–water partition coefficient (Wildman–Crippen LogP) is 14.8. The first-order chi connectivity index (χ1) is 31.1. The molecule has 0 aromatic carbocycles. The van der Waals surface area contributed by atoms with Gasteiger partial charge in [0.05, 0.1) is 35.6 Å². The van der Waals surface area contributed by atoms with Crippen LogP contribution in [0.3, 0.4) is 0 Å². The summed E-state index contributed by atoms with van der Waals surface area (Å²) >= 11 is 0. The van der Waals surface area contributed by atoms with Crippen LogP contribution >= 0.6 is 0 Å². The Hall–Kier alpha value is -0.500. The number of nitrogens with zero attached hydrogens (tertiary/aromatic N) is 1. The fraction of sp³-hybridized carbons (Fsp3) is 1.00. The van der Waals surface area contributed by atoms with Crippen molar-refractivity contribution in [2.24, 2.45) is 59.2 Å². The van der Waals surface area contributed by atoms with Crippen LogP contribution in [0.2, 0.25) is 0 Å². The first-order valence-electron chi connectivity index (χ1n) is 27.4. The summed E-state index contributed by atoms with van der Waals surface area (Å²) < 4.78 is 24.6. The number of rotatable bonds is 21. The van der Waals surface area contributed by atoms with E-state index in [9.17, 15) is 24.1 Å². The lowest BCUT2D eigenvalue weighted by molar-refractivity contribution is -0.0536. The molecule has 0 aliphatic carbocycles.